The lowest BCUT2D eigenvalue weighted by atomic mass is 9.92. The second kappa shape index (κ2) is 8.21. The number of nitrogens with zero attached hydrogens (tertiary/aromatic N) is 3. The summed E-state index contributed by atoms with van der Waals surface area (Å²) in [6.07, 6.45) is 2.53. The molecule has 0 N–H and O–H groups in total. The Hall–Kier alpha value is -2.22. The molecule has 2 aromatic heterocycles. The molecule has 27 heavy (non-hydrogen) atoms. The molecular weight excluding hydrogens is 366 g/mol. The molecule has 1 aliphatic heterocycles. The van der Waals surface area contributed by atoms with Gasteiger partial charge in [0.1, 0.15) is 16.0 Å². The molecule has 1 aliphatic rings. The van der Waals surface area contributed by atoms with Crippen LogP contribution < -0.4 is 4.74 Å². The third-order valence-corrected chi connectivity index (χ3v) is 5.89. The molecule has 7 nitrogen and oxygen atoms in total. The van der Waals surface area contributed by atoms with Gasteiger partial charge in [-0.1, -0.05) is 13.8 Å². The molecule has 2 aromatic rings. The van der Waals surface area contributed by atoms with E-state index in [9.17, 15) is 9.59 Å². The average Bonchev–Trinajstić information content (AvgIpc) is 2.96. The number of likely N-dealkylation sites (tertiary alicyclic amines) is 1. The summed E-state index contributed by atoms with van der Waals surface area (Å²) in [5.74, 6) is 0.898. The van der Waals surface area contributed by atoms with Crippen molar-refractivity contribution in [3.05, 3.63) is 16.8 Å². The van der Waals surface area contributed by atoms with Gasteiger partial charge < -0.3 is 14.4 Å². The molecule has 0 radical (unpaired) electrons. The van der Waals surface area contributed by atoms with Crippen molar-refractivity contribution < 1.29 is 19.1 Å². The number of carbonyl (C=O) groups is 2. The number of hydrogen-bond acceptors (Lipinski definition) is 7. The number of piperidine rings is 1. The molecule has 0 unspecified atom stereocenters. The van der Waals surface area contributed by atoms with E-state index in [2.05, 4.69) is 23.8 Å². The van der Waals surface area contributed by atoms with Crippen molar-refractivity contribution in [1.29, 1.82) is 0 Å². The molecule has 3 heterocycles. The van der Waals surface area contributed by atoms with Gasteiger partial charge in [-0.05, 0) is 37.7 Å². The number of fused-ring (bicyclic) bond motifs is 1. The minimum Gasteiger partial charge on any atom is -0.467 e. The van der Waals surface area contributed by atoms with Crippen LogP contribution in [0.4, 0.5) is 0 Å². The van der Waals surface area contributed by atoms with E-state index >= 15 is 0 Å². The zero-order chi connectivity index (χ0) is 19.6. The SMILES string of the molecule is CCOC(=O)c1sc2ncnc(OCC(=O)N3C[C@H](C)C[C@@H](C)C3)c2c1C. The minimum atomic E-state index is -0.378. The fourth-order valence-electron chi connectivity index (χ4n) is 3.63. The lowest BCUT2D eigenvalue weighted by molar-refractivity contribution is -0.136. The van der Waals surface area contributed by atoms with Crippen LogP contribution in [0.1, 0.15) is 42.4 Å². The minimum absolute atomic E-state index is 0.0429. The molecule has 1 amide bonds. The highest BCUT2D eigenvalue weighted by molar-refractivity contribution is 7.20. The van der Waals surface area contributed by atoms with Crippen molar-refractivity contribution in [3.63, 3.8) is 0 Å². The number of aromatic nitrogens is 2. The van der Waals surface area contributed by atoms with Gasteiger partial charge in [0, 0.05) is 13.1 Å². The van der Waals surface area contributed by atoms with Gasteiger partial charge in [0.15, 0.2) is 6.61 Å². The second-order valence-corrected chi connectivity index (χ2v) is 8.17. The van der Waals surface area contributed by atoms with Crippen LogP contribution in [0.3, 0.4) is 0 Å². The number of hydrogen-bond donors (Lipinski definition) is 0. The van der Waals surface area contributed by atoms with Crippen LogP contribution in [0.5, 0.6) is 5.88 Å². The molecule has 0 bridgehead atoms. The number of carbonyl (C=O) groups excluding carboxylic acids is 2. The van der Waals surface area contributed by atoms with Crippen LogP contribution in [-0.2, 0) is 9.53 Å². The summed E-state index contributed by atoms with van der Waals surface area (Å²) in [4.78, 5) is 36.1. The lowest BCUT2D eigenvalue weighted by Crippen LogP contribution is -2.44. The van der Waals surface area contributed by atoms with Crippen LogP contribution in [0, 0.1) is 18.8 Å². The van der Waals surface area contributed by atoms with E-state index in [0.29, 0.717) is 39.4 Å². The third kappa shape index (κ3) is 4.21. The Kier molecular flexibility index (Phi) is 5.94. The van der Waals surface area contributed by atoms with Crippen molar-refractivity contribution in [1.82, 2.24) is 14.9 Å². The van der Waals surface area contributed by atoms with Gasteiger partial charge >= 0.3 is 5.97 Å². The van der Waals surface area contributed by atoms with Gasteiger partial charge in [0.2, 0.25) is 5.88 Å². The summed E-state index contributed by atoms with van der Waals surface area (Å²) in [6.45, 7) is 9.66. The Morgan fingerprint density at radius 1 is 1.26 bits per heavy atom. The molecule has 0 aliphatic carbocycles. The van der Waals surface area contributed by atoms with Gasteiger partial charge in [0.05, 0.1) is 12.0 Å². The van der Waals surface area contributed by atoms with Crippen molar-refractivity contribution in [3.8, 4) is 5.88 Å². The standard InChI is InChI=1S/C19H25N3O4S/c1-5-25-19(24)16-13(4)15-17(20-10-21-18(15)27-16)26-9-14(23)22-7-11(2)6-12(3)8-22/h10-12H,5-9H2,1-4H3/t11-,12-/m1/s1. The summed E-state index contributed by atoms with van der Waals surface area (Å²) >= 11 is 1.25. The van der Waals surface area contributed by atoms with Crippen LogP contribution in [-0.4, -0.2) is 53.0 Å². The zero-order valence-corrected chi connectivity index (χ0v) is 17.0. The van der Waals surface area contributed by atoms with Crippen molar-refractivity contribution in [2.75, 3.05) is 26.3 Å². The van der Waals surface area contributed by atoms with Crippen molar-refractivity contribution in [2.24, 2.45) is 11.8 Å². The van der Waals surface area contributed by atoms with Gasteiger partial charge in [-0.15, -0.1) is 11.3 Å². The van der Waals surface area contributed by atoms with E-state index in [0.717, 1.165) is 25.1 Å². The summed E-state index contributed by atoms with van der Waals surface area (Å²) in [5, 5.41) is 0.665. The number of aryl methyl sites for hydroxylation is 1. The molecule has 0 saturated carbocycles. The maximum Gasteiger partial charge on any atom is 0.348 e. The first kappa shape index (κ1) is 19.5. The Labute approximate surface area is 162 Å². The molecule has 1 fully saturated rings. The zero-order valence-electron chi connectivity index (χ0n) is 16.2. The Morgan fingerprint density at radius 2 is 1.96 bits per heavy atom. The maximum atomic E-state index is 12.6. The molecule has 1 saturated heterocycles. The Morgan fingerprint density at radius 3 is 2.63 bits per heavy atom. The lowest BCUT2D eigenvalue weighted by Gasteiger charge is -2.34. The van der Waals surface area contributed by atoms with Crippen molar-refractivity contribution >= 4 is 33.4 Å². The monoisotopic (exact) mass is 391 g/mol. The number of esters is 1. The van der Waals surface area contributed by atoms with E-state index in [1.54, 1.807) is 6.92 Å². The van der Waals surface area contributed by atoms with E-state index in [4.69, 9.17) is 9.47 Å². The first-order valence-electron chi connectivity index (χ1n) is 9.22. The molecular formula is C19H25N3O4S. The van der Waals surface area contributed by atoms with Crippen LogP contribution in [0.25, 0.3) is 10.2 Å². The molecule has 8 heteroatoms. The third-order valence-electron chi connectivity index (χ3n) is 4.71. The van der Waals surface area contributed by atoms with Gasteiger partial charge in [-0.2, -0.15) is 0 Å². The predicted molar refractivity (Wildman–Crippen MR) is 103 cm³/mol. The fourth-order valence-corrected chi connectivity index (χ4v) is 4.66. The van der Waals surface area contributed by atoms with Crippen LogP contribution >= 0.6 is 11.3 Å². The Bertz CT molecular complexity index is 841. The molecule has 3 rings (SSSR count). The fraction of sp³-hybridized carbons (Fsp3) is 0.579. The van der Waals surface area contributed by atoms with Crippen LogP contribution in [0.15, 0.2) is 6.33 Å². The highest BCUT2D eigenvalue weighted by Gasteiger charge is 2.26. The van der Waals surface area contributed by atoms with Crippen LogP contribution in [0.2, 0.25) is 0 Å². The first-order valence-corrected chi connectivity index (χ1v) is 10.0. The van der Waals surface area contributed by atoms with E-state index in [-0.39, 0.29) is 18.5 Å². The topological polar surface area (TPSA) is 81.6 Å². The molecule has 2 atom stereocenters. The Balaban J connectivity index is 1.77. The smallest absolute Gasteiger partial charge is 0.348 e. The number of ether oxygens (including phenoxy) is 2. The summed E-state index contributed by atoms with van der Waals surface area (Å²) in [5.41, 5.74) is 0.719. The van der Waals surface area contributed by atoms with Crippen molar-refractivity contribution in [2.45, 2.75) is 34.1 Å². The molecule has 0 aromatic carbocycles. The molecule has 146 valence electrons. The van der Waals surface area contributed by atoms with Gasteiger partial charge in [-0.3, -0.25) is 4.79 Å². The van der Waals surface area contributed by atoms with Gasteiger partial charge in [-0.25, -0.2) is 14.8 Å². The van der Waals surface area contributed by atoms with Gasteiger partial charge in [0.25, 0.3) is 5.91 Å². The predicted octanol–water partition coefficient (Wildman–Crippen LogP) is 3.06. The average molecular weight is 391 g/mol. The number of amides is 1. The quantitative estimate of drug-likeness (QED) is 0.729. The highest BCUT2D eigenvalue weighted by Crippen LogP contribution is 2.34. The summed E-state index contributed by atoms with van der Waals surface area (Å²) < 4.78 is 10.8. The summed E-state index contributed by atoms with van der Waals surface area (Å²) in [6, 6.07) is 0. The largest absolute Gasteiger partial charge is 0.467 e. The van der Waals surface area contributed by atoms with E-state index in [1.165, 1.54) is 17.7 Å². The highest BCUT2D eigenvalue weighted by atomic mass is 32.1. The van der Waals surface area contributed by atoms with E-state index in [1.807, 2.05) is 11.8 Å². The normalized spacial score (nSPS) is 19.9. The number of rotatable bonds is 5. The van der Waals surface area contributed by atoms with E-state index < -0.39 is 0 Å². The summed E-state index contributed by atoms with van der Waals surface area (Å²) in [7, 11) is 0. The number of thiophene rings is 1. The first-order chi connectivity index (χ1) is 12.9. The molecule has 0 spiro atoms. The maximum absolute atomic E-state index is 12.6. The second-order valence-electron chi connectivity index (χ2n) is 7.17.